The average molecular weight is 290 g/mol. The van der Waals surface area contributed by atoms with Crippen LogP contribution in [0.4, 0.5) is 0 Å². The van der Waals surface area contributed by atoms with Crippen molar-refractivity contribution in [1.82, 2.24) is 0 Å². The van der Waals surface area contributed by atoms with E-state index in [0.29, 0.717) is 18.4 Å². The molecule has 0 aliphatic carbocycles. The summed E-state index contributed by atoms with van der Waals surface area (Å²) in [6, 6.07) is 4.88. The first-order valence-corrected chi connectivity index (χ1v) is 7.59. The van der Waals surface area contributed by atoms with Gasteiger partial charge in [0.15, 0.2) is 0 Å². The standard InChI is InChI=1S/C14H20O3S.Na/c1-3-5-6-10-13-12(8-4-2)9-7-11-14(13)18(15,16)17;/h4,7,9,11H,2-3,5-6,8,10H2,1H3,(H,15,16,17);/q;+1/p-1. The molecule has 1 aromatic carbocycles. The minimum absolute atomic E-state index is 0. The summed E-state index contributed by atoms with van der Waals surface area (Å²) in [6.07, 6.45) is 5.93. The van der Waals surface area contributed by atoms with Crippen LogP contribution in [0.25, 0.3) is 0 Å². The molecule has 0 N–H and O–H groups in total. The first-order valence-electron chi connectivity index (χ1n) is 6.18. The predicted molar refractivity (Wildman–Crippen MR) is 71.5 cm³/mol. The van der Waals surface area contributed by atoms with Gasteiger partial charge in [-0.3, -0.25) is 0 Å². The number of rotatable bonds is 7. The summed E-state index contributed by atoms with van der Waals surface area (Å²) in [5, 5.41) is 0. The number of hydrogen-bond acceptors (Lipinski definition) is 3. The molecule has 3 nitrogen and oxygen atoms in total. The molecule has 0 amide bonds. The van der Waals surface area contributed by atoms with Crippen molar-refractivity contribution in [3.8, 4) is 0 Å². The van der Waals surface area contributed by atoms with Crippen LogP contribution in [0, 0.1) is 0 Å². The van der Waals surface area contributed by atoms with Crippen LogP contribution in [0.2, 0.25) is 0 Å². The molecule has 0 atom stereocenters. The maximum Gasteiger partial charge on any atom is 1.00 e. The van der Waals surface area contributed by atoms with Gasteiger partial charge in [-0.05, 0) is 36.5 Å². The maximum absolute atomic E-state index is 11.3. The number of unbranched alkanes of at least 4 members (excludes halogenated alkanes) is 2. The van der Waals surface area contributed by atoms with Gasteiger partial charge in [0.25, 0.3) is 0 Å². The van der Waals surface area contributed by atoms with Crippen LogP contribution in [-0.2, 0) is 23.0 Å². The summed E-state index contributed by atoms with van der Waals surface area (Å²) in [7, 11) is -4.40. The number of allylic oxidation sites excluding steroid dienone is 1. The molecule has 19 heavy (non-hydrogen) atoms. The first kappa shape index (κ1) is 18.9. The predicted octanol–water partition coefficient (Wildman–Crippen LogP) is 0.0559. The summed E-state index contributed by atoms with van der Waals surface area (Å²) >= 11 is 0. The minimum atomic E-state index is -4.40. The largest absolute Gasteiger partial charge is 1.00 e. The molecule has 0 saturated carbocycles. The Labute approximate surface area is 138 Å². The second-order valence-electron chi connectivity index (χ2n) is 4.30. The molecule has 0 heterocycles. The van der Waals surface area contributed by atoms with Gasteiger partial charge in [-0.15, -0.1) is 6.58 Å². The third-order valence-corrected chi connectivity index (χ3v) is 3.82. The Bertz CT molecular complexity index is 509. The molecule has 0 unspecified atom stereocenters. The van der Waals surface area contributed by atoms with Crippen LogP contribution >= 0.6 is 0 Å². The monoisotopic (exact) mass is 290 g/mol. The van der Waals surface area contributed by atoms with Crippen molar-refractivity contribution >= 4 is 10.1 Å². The number of benzene rings is 1. The van der Waals surface area contributed by atoms with Crippen molar-refractivity contribution in [2.24, 2.45) is 0 Å². The van der Waals surface area contributed by atoms with Crippen LogP contribution in [0.15, 0.2) is 35.7 Å². The molecule has 0 saturated heterocycles. The third kappa shape index (κ3) is 5.79. The normalized spacial score (nSPS) is 10.8. The fourth-order valence-electron chi connectivity index (χ4n) is 2.03. The van der Waals surface area contributed by atoms with Crippen molar-refractivity contribution in [3.63, 3.8) is 0 Å². The SMILES string of the molecule is C=CCc1cccc(S(=O)(=O)[O-])c1CCCCC.[Na+]. The van der Waals surface area contributed by atoms with E-state index in [9.17, 15) is 13.0 Å². The third-order valence-electron chi connectivity index (χ3n) is 2.89. The molecule has 0 bridgehead atoms. The van der Waals surface area contributed by atoms with Gasteiger partial charge in [0.1, 0.15) is 10.1 Å². The van der Waals surface area contributed by atoms with E-state index in [2.05, 4.69) is 13.5 Å². The Morgan fingerprint density at radius 3 is 2.53 bits per heavy atom. The second kappa shape index (κ2) is 8.93. The van der Waals surface area contributed by atoms with E-state index < -0.39 is 10.1 Å². The first-order chi connectivity index (χ1) is 8.50. The summed E-state index contributed by atoms with van der Waals surface area (Å²) in [5.74, 6) is 0. The maximum atomic E-state index is 11.3. The molecule has 0 radical (unpaired) electrons. The molecular weight excluding hydrogens is 271 g/mol. The van der Waals surface area contributed by atoms with Gasteiger partial charge in [0.05, 0.1) is 4.90 Å². The van der Waals surface area contributed by atoms with E-state index in [1.165, 1.54) is 6.07 Å². The summed E-state index contributed by atoms with van der Waals surface area (Å²) < 4.78 is 33.8. The average Bonchev–Trinajstić information content (AvgIpc) is 2.30. The number of hydrogen-bond donors (Lipinski definition) is 0. The van der Waals surface area contributed by atoms with Crippen LogP contribution in [0.5, 0.6) is 0 Å². The zero-order chi connectivity index (χ0) is 13.6. The molecular formula is C14H19NaO3S. The van der Waals surface area contributed by atoms with Gasteiger partial charge in [-0.1, -0.05) is 38.0 Å². The van der Waals surface area contributed by atoms with Crippen molar-refractivity contribution in [1.29, 1.82) is 0 Å². The van der Waals surface area contributed by atoms with Gasteiger partial charge in [-0.2, -0.15) is 0 Å². The Morgan fingerprint density at radius 1 is 1.32 bits per heavy atom. The van der Waals surface area contributed by atoms with Crippen molar-refractivity contribution in [3.05, 3.63) is 42.0 Å². The van der Waals surface area contributed by atoms with Gasteiger partial charge in [-0.25, -0.2) is 8.42 Å². The molecule has 1 rings (SSSR count). The Morgan fingerprint density at radius 2 is 2.00 bits per heavy atom. The van der Waals surface area contributed by atoms with E-state index >= 15 is 0 Å². The molecule has 0 aliphatic heterocycles. The minimum Gasteiger partial charge on any atom is -0.744 e. The molecule has 0 aromatic heterocycles. The Kier molecular flexibility index (Phi) is 8.86. The van der Waals surface area contributed by atoms with Crippen LogP contribution in [0.1, 0.15) is 37.3 Å². The zero-order valence-electron chi connectivity index (χ0n) is 11.7. The summed E-state index contributed by atoms with van der Waals surface area (Å²) in [4.78, 5) is -0.0713. The fraction of sp³-hybridized carbons (Fsp3) is 0.429. The van der Waals surface area contributed by atoms with E-state index in [1.807, 2.05) is 6.07 Å². The Balaban J connectivity index is 0.00000324. The molecule has 100 valence electrons. The topological polar surface area (TPSA) is 57.2 Å². The van der Waals surface area contributed by atoms with Crippen LogP contribution < -0.4 is 29.6 Å². The molecule has 0 aliphatic rings. The summed E-state index contributed by atoms with van der Waals surface area (Å²) in [5.41, 5.74) is 1.55. The van der Waals surface area contributed by atoms with Gasteiger partial charge < -0.3 is 4.55 Å². The smallest absolute Gasteiger partial charge is 0.744 e. The van der Waals surface area contributed by atoms with Gasteiger partial charge in [0, 0.05) is 0 Å². The molecule has 0 spiro atoms. The van der Waals surface area contributed by atoms with Crippen LogP contribution in [0.3, 0.4) is 0 Å². The second-order valence-corrected chi connectivity index (χ2v) is 5.65. The Hall–Kier alpha value is -0.130. The molecule has 0 fully saturated rings. The zero-order valence-corrected chi connectivity index (χ0v) is 14.5. The van der Waals surface area contributed by atoms with E-state index in [4.69, 9.17) is 0 Å². The summed E-state index contributed by atoms with van der Waals surface area (Å²) in [6.45, 7) is 5.74. The van der Waals surface area contributed by atoms with E-state index in [-0.39, 0.29) is 34.5 Å². The molecule has 5 heteroatoms. The molecule has 1 aromatic rings. The van der Waals surface area contributed by atoms with E-state index in [1.54, 1.807) is 12.1 Å². The van der Waals surface area contributed by atoms with Crippen molar-refractivity contribution in [2.45, 2.75) is 43.9 Å². The van der Waals surface area contributed by atoms with Gasteiger partial charge in [0.2, 0.25) is 0 Å². The van der Waals surface area contributed by atoms with Gasteiger partial charge >= 0.3 is 29.6 Å². The van der Waals surface area contributed by atoms with Crippen molar-refractivity contribution in [2.75, 3.05) is 0 Å². The van der Waals surface area contributed by atoms with Crippen molar-refractivity contribution < 1.29 is 42.5 Å². The quantitative estimate of drug-likeness (QED) is 0.309. The fourth-order valence-corrected chi connectivity index (χ4v) is 2.81. The van der Waals surface area contributed by atoms with Crippen LogP contribution in [-0.4, -0.2) is 13.0 Å². The van der Waals surface area contributed by atoms with E-state index in [0.717, 1.165) is 24.8 Å².